The summed E-state index contributed by atoms with van der Waals surface area (Å²) in [6.07, 6.45) is 3.58. The van der Waals surface area contributed by atoms with E-state index in [1.807, 2.05) is 60.2 Å². The summed E-state index contributed by atoms with van der Waals surface area (Å²) in [7, 11) is 0. The van der Waals surface area contributed by atoms with Gasteiger partial charge in [-0.25, -0.2) is 0 Å². The molecule has 0 unspecified atom stereocenters. The van der Waals surface area contributed by atoms with Crippen molar-refractivity contribution in [2.75, 3.05) is 6.61 Å². The van der Waals surface area contributed by atoms with E-state index in [2.05, 4.69) is 4.99 Å². The van der Waals surface area contributed by atoms with Crippen molar-refractivity contribution >= 4 is 17.6 Å². The number of aliphatic imine (C=N–C) groups is 1. The predicted molar refractivity (Wildman–Crippen MR) is 97.3 cm³/mol. The molecule has 2 aromatic carbocycles. The molecule has 0 saturated heterocycles. The molecular weight excluding hydrogens is 318 g/mol. The predicted octanol–water partition coefficient (Wildman–Crippen LogP) is 4.53. The molecule has 3 rings (SSSR count). The zero-order valence-electron chi connectivity index (χ0n) is 13.7. The Bertz CT molecular complexity index is 898. The van der Waals surface area contributed by atoms with Crippen LogP contribution in [0.4, 0.5) is 11.4 Å². The number of hydrogen-bond acceptors (Lipinski definition) is 4. The van der Waals surface area contributed by atoms with Gasteiger partial charge in [0.25, 0.3) is 5.69 Å². The first-order valence-electron chi connectivity index (χ1n) is 7.86. The van der Waals surface area contributed by atoms with E-state index in [4.69, 9.17) is 4.74 Å². The van der Waals surface area contributed by atoms with Crippen LogP contribution in [0.15, 0.2) is 71.9 Å². The maximum Gasteiger partial charge on any atom is 0.271 e. The zero-order valence-corrected chi connectivity index (χ0v) is 13.7. The number of rotatable bonds is 6. The van der Waals surface area contributed by atoms with E-state index in [0.29, 0.717) is 12.3 Å². The normalized spacial score (nSPS) is 10.9. The average molecular weight is 335 g/mol. The summed E-state index contributed by atoms with van der Waals surface area (Å²) in [6, 6.07) is 17.8. The molecule has 6 nitrogen and oxygen atoms in total. The third-order valence-corrected chi connectivity index (χ3v) is 3.59. The molecule has 0 fully saturated rings. The molecule has 0 saturated carbocycles. The summed E-state index contributed by atoms with van der Waals surface area (Å²) >= 11 is 0. The van der Waals surface area contributed by atoms with Crippen LogP contribution >= 0.6 is 0 Å². The second kappa shape index (κ2) is 7.44. The van der Waals surface area contributed by atoms with Crippen LogP contribution < -0.4 is 4.74 Å². The largest absolute Gasteiger partial charge is 0.494 e. The number of non-ortho nitro benzene ring substituents is 1. The van der Waals surface area contributed by atoms with Gasteiger partial charge >= 0.3 is 0 Å². The van der Waals surface area contributed by atoms with E-state index in [1.54, 1.807) is 12.3 Å². The number of aromatic nitrogens is 1. The number of nitrogens with zero attached hydrogens (tertiary/aromatic N) is 3. The first kappa shape index (κ1) is 16.4. The maximum atomic E-state index is 11.0. The van der Waals surface area contributed by atoms with Gasteiger partial charge in [-0.1, -0.05) is 6.07 Å². The van der Waals surface area contributed by atoms with Crippen LogP contribution in [0.5, 0.6) is 5.75 Å². The second-order valence-electron chi connectivity index (χ2n) is 5.27. The minimum absolute atomic E-state index is 0.0561. The lowest BCUT2D eigenvalue weighted by Crippen LogP contribution is -1.99. The highest BCUT2D eigenvalue weighted by Crippen LogP contribution is 2.20. The Labute approximate surface area is 145 Å². The first-order valence-corrected chi connectivity index (χ1v) is 7.86. The summed E-state index contributed by atoms with van der Waals surface area (Å²) in [5.74, 6) is 0.807. The Morgan fingerprint density at radius 3 is 2.68 bits per heavy atom. The van der Waals surface area contributed by atoms with Crippen LogP contribution in [0.3, 0.4) is 0 Å². The van der Waals surface area contributed by atoms with Crippen LogP contribution in [0, 0.1) is 10.1 Å². The zero-order chi connectivity index (χ0) is 17.6. The lowest BCUT2D eigenvalue weighted by Gasteiger charge is -2.06. The molecule has 0 aliphatic heterocycles. The Morgan fingerprint density at radius 2 is 1.96 bits per heavy atom. The molecule has 126 valence electrons. The minimum atomic E-state index is -0.402. The molecule has 0 atom stereocenters. The highest BCUT2D eigenvalue weighted by atomic mass is 16.6. The van der Waals surface area contributed by atoms with Crippen LogP contribution in [0.1, 0.15) is 12.6 Å². The first-order chi connectivity index (χ1) is 12.2. The molecule has 0 bridgehead atoms. The van der Waals surface area contributed by atoms with Gasteiger partial charge < -0.3 is 9.30 Å². The lowest BCUT2D eigenvalue weighted by molar-refractivity contribution is -0.384. The van der Waals surface area contributed by atoms with Crippen molar-refractivity contribution in [3.05, 3.63) is 82.7 Å². The third kappa shape index (κ3) is 3.92. The molecule has 1 heterocycles. The molecule has 25 heavy (non-hydrogen) atoms. The Morgan fingerprint density at radius 1 is 1.16 bits per heavy atom. The van der Waals surface area contributed by atoms with Crippen LogP contribution in [0.25, 0.3) is 5.69 Å². The second-order valence-corrected chi connectivity index (χ2v) is 5.27. The number of hydrogen-bond donors (Lipinski definition) is 0. The van der Waals surface area contributed by atoms with Crippen molar-refractivity contribution in [2.45, 2.75) is 6.92 Å². The van der Waals surface area contributed by atoms with Crippen molar-refractivity contribution in [3.8, 4) is 11.4 Å². The Hall–Kier alpha value is -3.41. The molecule has 1 aromatic heterocycles. The SMILES string of the molecule is CCOc1ccc(N=Cc2cccn2-c2cccc([N+](=O)[O-])c2)cc1. The molecular formula is C19H17N3O3. The Kier molecular flexibility index (Phi) is 4.89. The highest BCUT2D eigenvalue weighted by molar-refractivity contribution is 5.81. The summed E-state index contributed by atoms with van der Waals surface area (Å²) in [6.45, 7) is 2.56. The summed E-state index contributed by atoms with van der Waals surface area (Å²) in [5, 5.41) is 11.0. The third-order valence-electron chi connectivity index (χ3n) is 3.59. The van der Waals surface area contributed by atoms with E-state index in [0.717, 1.165) is 17.1 Å². The van der Waals surface area contributed by atoms with Crippen molar-refractivity contribution < 1.29 is 9.66 Å². The van der Waals surface area contributed by atoms with E-state index in [-0.39, 0.29) is 5.69 Å². The maximum absolute atomic E-state index is 11.0. The fourth-order valence-corrected chi connectivity index (χ4v) is 2.43. The summed E-state index contributed by atoms with van der Waals surface area (Å²) in [5.41, 5.74) is 2.40. The molecule has 6 heteroatoms. The van der Waals surface area contributed by atoms with Gasteiger partial charge in [-0.2, -0.15) is 0 Å². The van der Waals surface area contributed by atoms with Crippen molar-refractivity contribution in [1.82, 2.24) is 4.57 Å². The Balaban J connectivity index is 1.84. The van der Waals surface area contributed by atoms with E-state index in [9.17, 15) is 10.1 Å². The van der Waals surface area contributed by atoms with Gasteiger partial charge in [0.2, 0.25) is 0 Å². The number of ether oxygens (including phenoxy) is 1. The molecule has 0 N–H and O–H groups in total. The van der Waals surface area contributed by atoms with Crippen LogP contribution in [-0.2, 0) is 0 Å². The molecule has 3 aromatic rings. The fraction of sp³-hybridized carbons (Fsp3) is 0.105. The topological polar surface area (TPSA) is 69.7 Å². The van der Waals surface area contributed by atoms with E-state index < -0.39 is 4.92 Å². The van der Waals surface area contributed by atoms with E-state index in [1.165, 1.54) is 12.1 Å². The van der Waals surface area contributed by atoms with Crippen molar-refractivity contribution in [2.24, 2.45) is 4.99 Å². The highest BCUT2D eigenvalue weighted by Gasteiger charge is 2.08. The van der Waals surface area contributed by atoms with Gasteiger partial charge in [-0.3, -0.25) is 15.1 Å². The monoisotopic (exact) mass is 335 g/mol. The minimum Gasteiger partial charge on any atom is -0.494 e. The lowest BCUT2D eigenvalue weighted by atomic mass is 10.2. The summed E-state index contributed by atoms with van der Waals surface area (Å²) < 4.78 is 7.26. The van der Waals surface area contributed by atoms with Crippen LogP contribution in [-0.4, -0.2) is 22.3 Å². The van der Waals surface area contributed by atoms with E-state index >= 15 is 0 Å². The summed E-state index contributed by atoms with van der Waals surface area (Å²) in [4.78, 5) is 15.0. The average Bonchev–Trinajstić information content (AvgIpc) is 3.10. The molecule has 0 aliphatic carbocycles. The number of nitro groups is 1. The van der Waals surface area contributed by atoms with Crippen LogP contribution in [0.2, 0.25) is 0 Å². The fourth-order valence-electron chi connectivity index (χ4n) is 2.43. The van der Waals surface area contributed by atoms with Gasteiger partial charge in [0.05, 0.1) is 34.8 Å². The van der Waals surface area contributed by atoms with Gasteiger partial charge in [0.15, 0.2) is 0 Å². The van der Waals surface area contributed by atoms with Crippen molar-refractivity contribution in [3.63, 3.8) is 0 Å². The van der Waals surface area contributed by atoms with Gasteiger partial charge in [0, 0.05) is 18.3 Å². The van der Waals surface area contributed by atoms with Gasteiger partial charge in [0.1, 0.15) is 5.75 Å². The van der Waals surface area contributed by atoms with Crippen molar-refractivity contribution in [1.29, 1.82) is 0 Å². The molecule has 0 radical (unpaired) electrons. The molecule has 0 spiro atoms. The van der Waals surface area contributed by atoms with Gasteiger partial charge in [-0.05, 0) is 49.4 Å². The molecule has 0 aliphatic rings. The molecule has 0 amide bonds. The van der Waals surface area contributed by atoms with Gasteiger partial charge in [-0.15, -0.1) is 0 Å². The quantitative estimate of drug-likeness (QED) is 0.377. The standard InChI is InChI=1S/C19H17N3O3/c1-2-25-19-10-8-15(9-11-19)20-14-18-7-4-12-21(18)16-5-3-6-17(13-16)22(23)24/h3-14H,2H2,1H3. The number of benzene rings is 2. The number of nitro benzene ring substituents is 1. The smallest absolute Gasteiger partial charge is 0.271 e.